The van der Waals surface area contributed by atoms with Crippen LogP contribution in [0.3, 0.4) is 0 Å². The zero-order valence-corrected chi connectivity index (χ0v) is 15.4. The van der Waals surface area contributed by atoms with Gasteiger partial charge in [0.2, 0.25) is 0 Å². The smallest absolute Gasteiger partial charge is 0.0686 e. The molecule has 4 heteroatoms. The van der Waals surface area contributed by atoms with Gasteiger partial charge in [-0.25, -0.2) is 0 Å². The predicted molar refractivity (Wildman–Crippen MR) is 95.8 cm³/mol. The minimum atomic E-state index is 0.195. The number of hydrogen-bond acceptors (Lipinski definition) is 2. The van der Waals surface area contributed by atoms with Crippen molar-refractivity contribution in [3.05, 3.63) is 32.4 Å². The normalized spacial score (nSPS) is 25.6. The zero-order chi connectivity index (χ0) is 14.9. The molecule has 2 unspecified atom stereocenters. The molecular weight excluding hydrogens is 397 g/mol. The largest absolute Gasteiger partial charge is 0.375 e. The molecule has 1 aromatic carbocycles. The van der Waals surface area contributed by atoms with Crippen molar-refractivity contribution in [1.82, 2.24) is 5.32 Å². The molecule has 1 heterocycles. The first-order chi connectivity index (χ1) is 10.1. The zero-order valence-electron chi connectivity index (χ0n) is 12.5. The third kappa shape index (κ3) is 3.41. The number of halogens is 2. The van der Waals surface area contributed by atoms with E-state index in [1.54, 1.807) is 0 Å². The summed E-state index contributed by atoms with van der Waals surface area (Å²) in [5.41, 5.74) is 1.55. The Balaban J connectivity index is 1.84. The number of rotatable bonds is 4. The quantitative estimate of drug-likeness (QED) is 0.698. The molecule has 1 aromatic rings. The minimum absolute atomic E-state index is 0.195. The van der Waals surface area contributed by atoms with E-state index in [-0.39, 0.29) is 5.60 Å². The van der Waals surface area contributed by atoms with E-state index in [0.29, 0.717) is 12.0 Å². The third-order valence-corrected chi connectivity index (χ3v) is 6.20. The summed E-state index contributed by atoms with van der Waals surface area (Å²) in [5, 5.41) is 4.54. The Morgan fingerprint density at radius 2 is 2.29 bits per heavy atom. The molecule has 0 amide bonds. The van der Waals surface area contributed by atoms with E-state index in [4.69, 9.17) is 16.3 Å². The van der Waals surface area contributed by atoms with Gasteiger partial charge < -0.3 is 10.1 Å². The Labute approximate surface area is 146 Å². The number of hydrogen-bond donors (Lipinski definition) is 1. The first-order valence-corrected chi connectivity index (χ1v) is 9.41. The van der Waals surface area contributed by atoms with Gasteiger partial charge in [0.15, 0.2) is 0 Å². The minimum Gasteiger partial charge on any atom is -0.375 e. The average Bonchev–Trinajstić information content (AvgIpc) is 2.46. The van der Waals surface area contributed by atoms with Crippen LogP contribution < -0.4 is 5.32 Å². The number of nitrogens with one attached hydrogen (secondary N) is 1. The molecule has 1 aliphatic heterocycles. The topological polar surface area (TPSA) is 21.3 Å². The standard InChI is InChI=1S/C17H23ClINO/c1-2-20-16(14-10-13(18)4-5-15(14)19)12-6-9-21-17(11-12)7-3-8-17/h4-5,10,12,16,20H,2-3,6-9,11H2,1H3. The Kier molecular flexibility index (Phi) is 5.14. The highest BCUT2D eigenvalue weighted by Gasteiger charge is 2.44. The second-order valence-corrected chi connectivity index (χ2v) is 7.94. The van der Waals surface area contributed by atoms with Crippen LogP contribution in [0.1, 0.15) is 50.6 Å². The Hall–Kier alpha value is 0.160. The van der Waals surface area contributed by atoms with Crippen molar-refractivity contribution in [3.63, 3.8) is 0 Å². The highest BCUT2D eigenvalue weighted by atomic mass is 127. The molecule has 116 valence electrons. The van der Waals surface area contributed by atoms with E-state index in [1.807, 2.05) is 6.07 Å². The maximum atomic E-state index is 6.24. The molecular formula is C17H23ClINO. The highest BCUT2D eigenvalue weighted by Crippen LogP contribution is 2.47. The van der Waals surface area contributed by atoms with Gasteiger partial charge >= 0.3 is 0 Å². The summed E-state index contributed by atoms with van der Waals surface area (Å²) in [7, 11) is 0. The van der Waals surface area contributed by atoms with Gasteiger partial charge in [-0.2, -0.15) is 0 Å². The molecule has 1 N–H and O–H groups in total. The van der Waals surface area contributed by atoms with Crippen LogP contribution in [0.2, 0.25) is 5.02 Å². The number of ether oxygens (including phenoxy) is 1. The second kappa shape index (κ2) is 6.73. The van der Waals surface area contributed by atoms with Crippen LogP contribution in [-0.4, -0.2) is 18.8 Å². The predicted octanol–water partition coefficient (Wildman–Crippen LogP) is 4.94. The SMILES string of the molecule is CCNC(c1cc(Cl)ccc1I)C1CCOC2(CCC2)C1. The molecule has 0 aromatic heterocycles. The lowest BCUT2D eigenvalue weighted by molar-refractivity contribution is -0.147. The van der Waals surface area contributed by atoms with Gasteiger partial charge in [-0.05, 0) is 90.9 Å². The van der Waals surface area contributed by atoms with E-state index in [9.17, 15) is 0 Å². The van der Waals surface area contributed by atoms with Crippen molar-refractivity contribution >= 4 is 34.2 Å². The molecule has 21 heavy (non-hydrogen) atoms. The van der Waals surface area contributed by atoms with Crippen LogP contribution in [-0.2, 0) is 4.74 Å². The molecule has 2 fully saturated rings. The summed E-state index contributed by atoms with van der Waals surface area (Å²) in [4.78, 5) is 0. The molecule has 2 aliphatic rings. The van der Waals surface area contributed by atoms with Crippen LogP contribution in [0, 0.1) is 9.49 Å². The molecule has 1 saturated carbocycles. The van der Waals surface area contributed by atoms with Crippen molar-refractivity contribution in [2.75, 3.05) is 13.2 Å². The van der Waals surface area contributed by atoms with Crippen LogP contribution in [0.4, 0.5) is 0 Å². The van der Waals surface area contributed by atoms with Gasteiger partial charge in [-0.1, -0.05) is 18.5 Å². The molecule has 1 spiro atoms. The van der Waals surface area contributed by atoms with Crippen molar-refractivity contribution in [3.8, 4) is 0 Å². The summed E-state index contributed by atoms with van der Waals surface area (Å²) in [5.74, 6) is 0.644. The van der Waals surface area contributed by atoms with Crippen LogP contribution >= 0.6 is 34.2 Å². The van der Waals surface area contributed by atoms with Crippen molar-refractivity contribution in [1.29, 1.82) is 0 Å². The lowest BCUT2D eigenvalue weighted by atomic mass is 9.69. The summed E-state index contributed by atoms with van der Waals surface area (Å²) >= 11 is 8.67. The molecule has 1 saturated heterocycles. The van der Waals surface area contributed by atoms with E-state index in [2.05, 4.69) is 47.0 Å². The fourth-order valence-electron chi connectivity index (χ4n) is 3.77. The fourth-order valence-corrected chi connectivity index (χ4v) is 4.62. The van der Waals surface area contributed by atoms with E-state index in [0.717, 1.165) is 24.6 Å². The summed E-state index contributed by atoms with van der Waals surface area (Å²) in [6.07, 6.45) is 6.15. The van der Waals surface area contributed by atoms with Gasteiger partial charge in [-0.3, -0.25) is 0 Å². The van der Waals surface area contributed by atoms with Gasteiger partial charge in [0, 0.05) is 21.2 Å². The van der Waals surface area contributed by atoms with Gasteiger partial charge in [-0.15, -0.1) is 0 Å². The first-order valence-electron chi connectivity index (χ1n) is 7.96. The molecule has 2 nitrogen and oxygen atoms in total. The highest BCUT2D eigenvalue weighted by molar-refractivity contribution is 14.1. The van der Waals surface area contributed by atoms with Gasteiger partial charge in [0.05, 0.1) is 5.60 Å². The van der Waals surface area contributed by atoms with E-state index in [1.165, 1.54) is 34.8 Å². The Morgan fingerprint density at radius 3 is 2.95 bits per heavy atom. The van der Waals surface area contributed by atoms with Crippen LogP contribution in [0.25, 0.3) is 0 Å². The van der Waals surface area contributed by atoms with E-state index < -0.39 is 0 Å². The van der Waals surface area contributed by atoms with Crippen molar-refractivity contribution < 1.29 is 4.74 Å². The maximum Gasteiger partial charge on any atom is 0.0686 e. The van der Waals surface area contributed by atoms with Gasteiger partial charge in [0.25, 0.3) is 0 Å². The molecule has 2 atom stereocenters. The second-order valence-electron chi connectivity index (χ2n) is 6.34. The summed E-state index contributed by atoms with van der Waals surface area (Å²) in [6, 6.07) is 6.63. The third-order valence-electron chi connectivity index (χ3n) is 4.98. The summed E-state index contributed by atoms with van der Waals surface area (Å²) in [6.45, 7) is 4.07. The Bertz CT molecular complexity index is 504. The molecule has 0 bridgehead atoms. The van der Waals surface area contributed by atoms with Crippen molar-refractivity contribution in [2.45, 2.75) is 50.7 Å². The molecule has 1 aliphatic carbocycles. The number of benzene rings is 1. The maximum absolute atomic E-state index is 6.24. The monoisotopic (exact) mass is 419 g/mol. The van der Waals surface area contributed by atoms with Crippen molar-refractivity contribution in [2.24, 2.45) is 5.92 Å². The Morgan fingerprint density at radius 1 is 1.48 bits per heavy atom. The molecule has 3 rings (SSSR count). The fraction of sp³-hybridized carbons (Fsp3) is 0.647. The van der Waals surface area contributed by atoms with Gasteiger partial charge in [0.1, 0.15) is 0 Å². The van der Waals surface area contributed by atoms with E-state index >= 15 is 0 Å². The first kappa shape index (κ1) is 16.0. The lowest BCUT2D eigenvalue weighted by Crippen LogP contribution is -2.48. The van der Waals surface area contributed by atoms with Crippen LogP contribution in [0.5, 0.6) is 0 Å². The lowest BCUT2D eigenvalue weighted by Gasteiger charge is -2.49. The summed E-state index contributed by atoms with van der Waals surface area (Å²) < 4.78 is 7.40. The average molecular weight is 420 g/mol. The molecule has 0 radical (unpaired) electrons. The van der Waals surface area contributed by atoms with Crippen LogP contribution in [0.15, 0.2) is 18.2 Å².